The highest BCUT2D eigenvalue weighted by atomic mass is 16.5. The van der Waals surface area contributed by atoms with E-state index in [1.54, 1.807) is 11.0 Å². The van der Waals surface area contributed by atoms with Gasteiger partial charge in [0.2, 0.25) is 11.8 Å². The number of aromatic amines is 1. The van der Waals surface area contributed by atoms with Gasteiger partial charge in [-0.25, -0.2) is 0 Å². The van der Waals surface area contributed by atoms with Crippen molar-refractivity contribution >= 4 is 22.7 Å². The van der Waals surface area contributed by atoms with Crippen LogP contribution in [0.3, 0.4) is 0 Å². The highest BCUT2D eigenvalue weighted by molar-refractivity contribution is 5.96. The van der Waals surface area contributed by atoms with Crippen LogP contribution in [0.5, 0.6) is 5.75 Å². The fraction of sp³-hybridized carbons (Fsp3) is 0.379. The van der Waals surface area contributed by atoms with Crippen LogP contribution in [0.25, 0.3) is 10.9 Å². The predicted octanol–water partition coefficient (Wildman–Crippen LogP) is 1.90. The number of carbonyl (C=O) groups excluding carboxylic acids is 2. The van der Waals surface area contributed by atoms with Crippen LogP contribution in [0.4, 0.5) is 0 Å². The fourth-order valence-electron chi connectivity index (χ4n) is 5.41. The lowest BCUT2D eigenvalue weighted by molar-refractivity contribution is -0.141. The Balaban J connectivity index is 1.48. The summed E-state index contributed by atoms with van der Waals surface area (Å²) in [5, 5.41) is 24.6. The summed E-state index contributed by atoms with van der Waals surface area (Å²) in [5.74, 6) is -0.534. The Morgan fingerprint density at radius 1 is 1.16 bits per heavy atom. The number of benzene rings is 2. The third-order valence-corrected chi connectivity index (χ3v) is 7.19. The number of aromatic nitrogens is 1. The van der Waals surface area contributed by atoms with E-state index >= 15 is 0 Å². The Hall–Kier alpha value is -3.66. The van der Waals surface area contributed by atoms with Gasteiger partial charge in [0.25, 0.3) is 0 Å². The summed E-state index contributed by atoms with van der Waals surface area (Å²) in [5.41, 5.74) is 3.18. The number of nitrogens with one attached hydrogen (secondary N) is 2. The predicted molar refractivity (Wildman–Crippen MR) is 142 cm³/mol. The summed E-state index contributed by atoms with van der Waals surface area (Å²) in [6.07, 6.45) is 0.381. The van der Waals surface area contributed by atoms with Crippen molar-refractivity contribution in [2.45, 2.75) is 37.5 Å². The molecule has 0 bridgehead atoms. The Labute approximate surface area is 221 Å². The Morgan fingerprint density at radius 2 is 1.95 bits per heavy atom. The Bertz CT molecular complexity index is 1300. The monoisotopic (exact) mass is 519 g/mol. The third-order valence-electron chi connectivity index (χ3n) is 7.19. The van der Waals surface area contributed by atoms with Crippen LogP contribution in [-0.4, -0.2) is 83.1 Å². The summed E-state index contributed by atoms with van der Waals surface area (Å²) in [4.78, 5) is 31.6. The number of hydrogen-bond donors (Lipinski definition) is 4. The number of rotatable bonds is 10. The van der Waals surface area contributed by atoms with Crippen molar-refractivity contribution < 1.29 is 29.3 Å². The van der Waals surface area contributed by atoms with Crippen molar-refractivity contribution in [3.63, 3.8) is 0 Å². The van der Waals surface area contributed by atoms with E-state index in [1.807, 2.05) is 61.5 Å². The highest BCUT2D eigenvalue weighted by Gasteiger charge is 2.50. The van der Waals surface area contributed by atoms with Crippen molar-refractivity contribution in [3.8, 4) is 5.75 Å². The molecule has 4 unspecified atom stereocenters. The summed E-state index contributed by atoms with van der Waals surface area (Å²) in [6.45, 7) is 2.25. The number of nitrogens with zero attached hydrogens (tertiary/aromatic N) is 1. The molecule has 200 valence electrons. The first kappa shape index (κ1) is 26.0. The molecule has 3 aromatic rings. The summed E-state index contributed by atoms with van der Waals surface area (Å²) < 4.78 is 11.6. The molecular formula is C29H33N3O6. The Morgan fingerprint density at radius 3 is 2.74 bits per heavy atom. The topological polar surface area (TPSA) is 124 Å². The van der Waals surface area contributed by atoms with Crippen molar-refractivity contribution in [3.05, 3.63) is 77.5 Å². The molecule has 9 nitrogen and oxygen atoms in total. The lowest BCUT2D eigenvalue weighted by atomic mass is 9.77. The molecule has 0 saturated carbocycles. The van der Waals surface area contributed by atoms with E-state index in [9.17, 15) is 19.8 Å². The molecule has 0 saturated heterocycles. The van der Waals surface area contributed by atoms with Crippen molar-refractivity contribution in [2.75, 3.05) is 32.9 Å². The zero-order chi connectivity index (χ0) is 26.6. The number of fused-ring (bicyclic) bond motifs is 4. The minimum Gasteiger partial charge on any atom is -0.486 e. The quantitative estimate of drug-likeness (QED) is 0.324. The van der Waals surface area contributed by atoms with Crippen LogP contribution in [-0.2, 0) is 20.7 Å². The van der Waals surface area contributed by atoms with Crippen LogP contribution in [0.1, 0.15) is 24.1 Å². The van der Waals surface area contributed by atoms with Crippen molar-refractivity contribution in [1.82, 2.24) is 15.2 Å². The van der Waals surface area contributed by atoms with Crippen LogP contribution < -0.4 is 10.1 Å². The molecule has 4 N–H and O–H groups in total. The number of aliphatic hydroxyl groups is 2. The molecule has 4 atom stereocenters. The van der Waals surface area contributed by atoms with Gasteiger partial charge in [0.15, 0.2) is 0 Å². The van der Waals surface area contributed by atoms with E-state index in [-0.39, 0.29) is 31.6 Å². The van der Waals surface area contributed by atoms with Gasteiger partial charge < -0.3 is 34.9 Å². The Kier molecular flexibility index (Phi) is 7.78. The molecule has 9 heteroatoms. The normalized spacial score (nSPS) is 21.8. The van der Waals surface area contributed by atoms with Crippen LogP contribution >= 0.6 is 0 Å². The first-order valence-corrected chi connectivity index (χ1v) is 13.0. The van der Waals surface area contributed by atoms with Gasteiger partial charge in [-0.2, -0.15) is 0 Å². The summed E-state index contributed by atoms with van der Waals surface area (Å²) >= 11 is 0. The SMILES string of the molecule is CCOCC(=O)N(CCc1cc2ccccc2[nH]1)C1C=C(C(=O)NCCO)C2c3ccccc3OC2C1O. The highest BCUT2D eigenvalue weighted by Crippen LogP contribution is 2.47. The van der Waals surface area contributed by atoms with Crippen LogP contribution in [0, 0.1) is 0 Å². The van der Waals surface area contributed by atoms with E-state index in [2.05, 4.69) is 10.3 Å². The second kappa shape index (κ2) is 11.4. The van der Waals surface area contributed by atoms with Gasteiger partial charge in [0.05, 0.1) is 18.6 Å². The first-order chi connectivity index (χ1) is 18.5. The van der Waals surface area contributed by atoms with E-state index in [1.165, 1.54) is 0 Å². The summed E-state index contributed by atoms with van der Waals surface area (Å²) in [7, 11) is 0. The van der Waals surface area contributed by atoms with Gasteiger partial charge in [0, 0.05) is 48.5 Å². The number of carbonyl (C=O) groups is 2. The molecule has 1 aliphatic heterocycles. The van der Waals surface area contributed by atoms with Crippen LogP contribution in [0.2, 0.25) is 0 Å². The number of H-pyrrole nitrogens is 1. The second-order valence-corrected chi connectivity index (χ2v) is 9.54. The molecule has 2 heterocycles. The fourth-order valence-corrected chi connectivity index (χ4v) is 5.41. The lowest BCUT2D eigenvalue weighted by Gasteiger charge is -2.40. The van der Waals surface area contributed by atoms with Gasteiger partial charge in [-0.05, 0) is 36.6 Å². The second-order valence-electron chi connectivity index (χ2n) is 9.54. The van der Waals surface area contributed by atoms with Gasteiger partial charge in [-0.1, -0.05) is 36.4 Å². The van der Waals surface area contributed by atoms with E-state index in [0.29, 0.717) is 30.9 Å². The third kappa shape index (κ3) is 5.05. The van der Waals surface area contributed by atoms with Gasteiger partial charge in [-0.15, -0.1) is 0 Å². The number of amides is 2. The summed E-state index contributed by atoms with van der Waals surface area (Å²) in [6, 6.07) is 16.6. The van der Waals surface area contributed by atoms with Gasteiger partial charge in [0.1, 0.15) is 24.6 Å². The zero-order valence-corrected chi connectivity index (χ0v) is 21.3. The number of hydrogen-bond acceptors (Lipinski definition) is 6. The zero-order valence-electron chi connectivity index (χ0n) is 21.3. The maximum atomic E-state index is 13.4. The van der Waals surface area contributed by atoms with Gasteiger partial charge >= 0.3 is 0 Å². The molecule has 38 heavy (non-hydrogen) atoms. The molecule has 0 spiro atoms. The molecule has 0 fully saturated rings. The van der Waals surface area contributed by atoms with E-state index in [4.69, 9.17) is 9.47 Å². The molecule has 0 radical (unpaired) electrons. The average Bonchev–Trinajstić information content (AvgIpc) is 3.53. The van der Waals surface area contributed by atoms with Crippen LogP contribution in [0.15, 0.2) is 66.2 Å². The average molecular weight is 520 g/mol. The smallest absolute Gasteiger partial charge is 0.249 e. The van der Waals surface area contributed by atoms with E-state index in [0.717, 1.165) is 22.2 Å². The minimum absolute atomic E-state index is 0.0939. The molecule has 2 amide bonds. The van der Waals surface area contributed by atoms with E-state index < -0.39 is 24.2 Å². The molecule has 2 aromatic carbocycles. The number of aliphatic hydroxyl groups excluding tert-OH is 2. The van der Waals surface area contributed by atoms with Crippen molar-refractivity contribution in [1.29, 1.82) is 0 Å². The lowest BCUT2D eigenvalue weighted by Crippen LogP contribution is -2.56. The molecule has 2 aliphatic rings. The van der Waals surface area contributed by atoms with Crippen molar-refractivity contribution in [2.24, 2.45) is 0 Å². The largest absolute Gasteiger partial charge is 0.486 e. The number of ether oxygens (including phenoxy) is 2. The minimum atomic E-state index is -1.07. The maximum Gasteiger partial charge on any atom is 0.249 e. The molecule has 5 rings (SSSR count). The molecule has 1 aliphatic carbocycles. The maximum absolute atomic E-state index is 13.4. The van der Waals surface area contributed by atoms with Gasteiger partial charge in [-0.3, -0.25) is 9.59 Å². The standard InChI is InChI=1S/C29H33N3O6/c1-2-37-17-25(34)32(13-11-19-15-18-7-3-5-9-22(18)31-19)23-16-21(29(36)30-12-14-33)26-20-8-4-6-10-24(20)38-28(26)27(23)35/h3-10,15-16,23,26-28,31,33,35H,2,11-14,17H2,1H3,(H,30,36). The molecule has 1 aromatic heterocycles. The molecular weight excluding hydrogens is 486 g/mol. The number of para-hydroxylation sites is 2. The first-order valence-electron chi connectivity index (χ1n) is 13.0.